The Kier molecular flexibility index (Phi) is 3.79. The highest BCUT2D eigenvalue weighted by Gasteiger charge is 2.35. The number of nitrogens with two attached hydrogens (primary N) is 1. The minimum Gasteiger partial charge on any atom is -0.380 e. The predicted molar refractivity (Wildman–Crippen MR) is 87.0 cm³/mol. The maximum absolute atomic E-state index is 12.5. The molecule has 2 aromatic rings. The summed E-state index contributed by atoms with van der Waals surface area (Å²) in [6.45, 7) is 1.21. The SMILES string of the molecule is Cn1cc(-c2nccc3c2C(=O)NC3N[C@@H]2CCOC[C@@H]2N)cn1. The van der Waals surface area contributed by atoms with E-state index in [9.17, 15) is 4.79 Å². The molecule has 0 spiro atoms. The van der Waals surface area contributed by atoms with Crippen LogP contribution in [0.5, 0.6) is 0 Å². The summed E-state index contributed by atoms with van der Waals surface area (Å²) in [6, 6.07) is 1.89. The highest BCUT2D eigenvalue weighted by atomic mass is 16.5. The van der Waals surface area contributed by atoms with Crippen molar-refractivity contribution in [1.29, 1.82) is 0 Å². The fraction of sp³-hybridized carbons (Fsp3) is 0.438. The number of hydrogen-bond donors (Lipinski definition) is 3. The molecule has 2 aliphatic heterocycles. The Bertz CT molecular complexity index is 774. The molecule has 4 heterocycles. The fourth-order valence-electron chi connectivity index (χ4n) is 3.31. The van der Waals surface area contributed by atoms with Crippen LogP contribution < -0.4 is 16.4 Å². The quantitative estimate of drug-likeness (QED) is 0.728. The van der Waals surface area contributed by atoms with Crippen LogP contribution in [0.1, 0.15) is 28.5 Å². The van der Waals surface area contributed by atoms with Crippen molar-refractivity contribution in [2.24, 2.45) is 12.8 Å². The number of carbonyl (C=O) groups excluding carboxylic acids is 1. The number of aryl methyl sites for hydroxylation is 1. The van der Waals surface area contributed by atoms with E-state index in [0.717, 1.165) is 17.5 Å². The average molecular weight is 328 g/mol. The zero-order valence-corrected chi connectivity index (χ0v) is 13.4. The van der Waals surface area contributed by atoms with Crippen LogP contribution in [-0.2, 0) is 11.8 Å². The third kappa shape index (κ3) is 2.58. The van der Waals surface area contributed by atoms with Crippen LogP contribution in [0.3, 0.4) is 0 Å². The van der Waals surface area contributed by atoms with Gasteiger partial charge >= 0.3 is 0 Å². The monoisotopic (exact) mass is 328 g/mol. The topological polar surface area (TPSA) is 107 Å². The molecule has 1 saturated heterocycles. The number of hydrogen-bond acceptors (Lipinski definition) is 6. The van der Waals surface area contributed by atoms with Gasteiger partial charge in [-0.05, 0) is 12.5 Å². The van der Waals surface area contributed by atoms with Gasteiger partial charge < -0.3 is 15.8 Å². The molecule has 2 aliphatic rings. The lowest BCUT2D eigenvalue weighted by Crippen LogP contribution is -2.53. The normalized spacial score (nSPS) is 26.2. The first-order valence-electron chi connectivity index (χ1n) is 8.01. The molecule has 126 valence electrons. The van der Waals surface area contributed by atoms with Crippen molar-refractivity contribution in [3.63, 3.8) is 0 Å². The summed E-state index contributed by atoms with van der Waals surface area (Å²) < 4.78 is 7.07. The zero-order valence-electron chi connectivity index (χ0n) is 13.4. The van der Waals surface area contributed by atoms with Gasteiger partial charge in [-0.1, -0.05) is 0 Å². The van der Waals surface area contributed by atoms with Crippen molar-refractivity contribution >= 4 is 5.91 Å². The van der Waals surface area contributed by atoms with Gasteiger partial charge in [0.1, 0.15) is 6.17 Å². The third-order valence-corrected chi connectivity index (χ3v) is 4.56. The van der Waals surface area contributed by atoms with Crippen molar-refractivity contribution in [3.8, 4) is 11.3 Å². The van der Waals surface area contributed by atoms with Gasteiger partial charge in [-0.3, -0.25) is 19.8 Å². The number of fused-ring (bicyclic) bond motifs is 1. The Morgan fingerprint density at radius 2 is 2.38 bits per heavy atom. The van der Waals surface area contributed by atoms with E-state index in [-0.39, 0.29) is 24.2 Å². The summed E-state index contributed by atoms with van der Waals surface area (Å²) in [7, 11) is 1.84. The summed E-state index contributed by atoms with van der Waals surface area (Å²) >= 11 is 0. The molecule has 1 amide bonds. The molecule has 8 heteroatoms. The Morgan fingerprint density at radius 1 is 1.50 bits per heavy atom. The van der Waals surface area contributed by atoms with Gasteiger partial charge in [0.15, 0.2) is 0 Å². The minimum atomic E-state index is -0.264. The van der Waals surface area contributed by atoms with E-state index in [0.29, 0.717) is 24.5 Å². The second-order valence-corrected chi connectivity index (χ2v) is 6.23. The van der Waals surface area contributed by atoms with Crippen molar-refractivity contribution in [3.05, 3.63) is 35.8 Å². The second-order valence-electron chi connectivity index (χ2n) is 6.23. The number of ether oxygens (including phenoxy) is 1. The number of carbonyl (C=O) groups is 1. The molecule has 0 bridgehead atoms. The van der Waals surface area contributed by atoms with Crippen LogP contribution in [0.15, 0.2) is 24.7 Å². The summed E-state index contributed by atoms with van der Waals surface area (Å²) in [6.07, 6.45) is 5.85. The zero-order chi connectivity index (χ0) is 16.7. The molecule has 0 aromatic carbocycles. The van der Waals surface area contributed by atoms with Gasteiger partial charge in [0.2, 0.25) is 0 Å². The van der Waals surface area contributed by atoms with Crippen LogP contribution in [-0.4, -0.2) is 46.0 Å². The Labute approximate surface area is 139 Å². The first-order valence-corrected chi connectivity index (χ1v) is 8.01. The maximum Gasteiger partial charge on any atom is 0.255 e. The molecule has 0 saturated carbocycles. The van der Waals surface area contributed by atoms with E-state index < -0.39 is 0 Å². The maximum atomic E-state index is 12.5. The van der Waals surface area contributed by atoms with Crippen LogP contribution in [0.25, 0.3) is 11.3 Å². The number of rotatable bonds is 3. The van der Waals surface area contributed by atoms with Gasteiger partial charge in [0.25, 0.3) is 5.91 Å². The second kappa shape index (κ2) is 5.97. The Hall–Kier alpha value is -2.29. The molecule has 4 rings (SSSR count). The molecule has 2 aromatic heterocycles. The Balaban J connectivity index is 1.66. The van der Waals surface area contributed by atoms with E-state index in [4.69, 9.17) is 10.5 Å². The first-order chi connectivity index (χ1) is 11.6. The molecule has 1 fully saturated rings. The van der Waals surface area contributed by atoms with E-state index in [2.05, 4.69) is 20.7 Å². The van der Waals surface area contributed by atoms with E-state index in [1.165, 1.54) is 0 Å². The minimum absolute atomic E-state index is 0.0840. The van der Waals surface area contributed by atoms with Gasteiger partial charge in [-0.2, -0.15) is 5.10 Å². The van der Waals surface area contributed by atoms with Crippen LogP contribution in [0.2, 0.25) is 0 Å². The fourth-order valence-corrected chi connectivity index (χ4v) is 3.31. The number of amides is 1. The highest BCUT2D eigenvalue weighted by Crippen LogP contribution is 2.31. The number of nitrogens with zero attached hydrogens (tertiary/aromatic N) is 3. The number of nitrogens with one attached hydrogen (secondary N) is 2. The first kappa shape index (κ1) is 15.3. The molecule has 1 unspecified atom stereocenters. The third-order valence-electron chi connectivity index (χ3n) is 4.56. The van der Waals surface area contributed by atoms with Gasteiger partial charge in [-0.25, -0.2) is 0 Å². The van der Waals surface area contributed by atoms with Crippen molar-refractivity contribution in [1.82, 2.24) is 25.4 Å². The molecule has 0 radical (unpaired) electrons. The van der Waals surface area contributed by atoms with Crippen LogP contribution in [0, 0.1) is 0 Å². The lowest BCUT2D eigenvalue weighted by Gasteiger charge is -2.32. The van der Waals surface area contributed by atoms with Crippen LogP contribution in [0.4, 0.5) is 0 Å². The standard InChI is InChI=1S/C16H20N6O2/c1-22-7-9(6-19-22)14-13-10(2-4-18-14)15(21-16(13)23)20-12-3-5-24-8-11(12)17/h2,4,6-7,11-12,15,20H,3,5,8,17H2,1H3,(H,21,23)/t11-,12+,15?/m0/s1. The molecule has 8 nitrogen and oxygen atoms in total. The van der Waals surface area contributed by atoms with Crippen LogP contribution >= 0.6 is 0 Å². The molecule has 4 N–H and O–H groups in total. The van der Waals surface area contributed by atoms with Crippen molar-refractivity contribution < 1.29 is 9.53 Å². The molecular weight excluding hydrogens is 308 g/mol. The average Bonchev–Trinajstić information content (AvgIpc) is 3.14. The lowest BCUT2D eigenvalue weighted by atomic mass is 10.0. The summed E-state index contributed by atoms with van der Waals surface area (Å²) in [5, 5.41) is 10.6. The van der Waals surface area contributed by atoms with Gasteiger partial charge in [0.05, 0.1) is 24.1 Å². The number of pyridine rings is 1. The predicted octanol–water partition coefficient (Wildman–Crippen LogP) is -0.0701. The molecule has 24 heavy (non-hydrogen) atoms. The van der Waals surface area contributed by atoms with Gasteiger partial charge in [-0.15, -0.1) is 0 Å². The van der Waals surface area contributed by atoms with E-state index in [1.807, 2.05) is 19.3 Å². The largest absolute Gasteiger partial charge is 0.380 e. The van der Waals surface area contributed by atoms with E-state index in [1.54, 1.807) is 17.1 Å². The lowest BCUT2D eigenvalue weighted by molar-refractivity contribution is 0.0573. The molecule has 0 aliphatic carbocycles. The van der Waals surface area contributed by atoms with Crippen molar-refractivity contribution in [2.45, 2.75) is 24.7 Å². The smallest absolute Gasteiger partial charge is 0.255 e. The van der Waals surface area contributed by atoms with Crippen molar-refractivity contribution in [2.75, 3.05) is 13.2 Å². The molecular formula is C16H20N6O2. The molecule has 3 atom stereocenters. The Morgan fingerprint density at radius 3 is 3.12 bits per heavy atom. The summed E-state index contributed by atoms with van der Waals surface area (Å²) in [5.41, 5.74) is 9.09. The highest BCUT2D eigenvalue weighted by molar-refractivity contribution is 6.04. The number of aromatic nitrogens is 3. The summed E-state index contributed by atoms with van der Waals surface area (Å²) in [4.78, 5) is 16.9. The summed E-state index contributed by atoms with van der Waals surface area (Å²) in [5.74, 6) is -0.130. The van der Waals surface area contributed by atoms with Gasteiger partial charge in [0, 0.05) is 49.3 Å². The van der Waals surface area contributed by atoms with E-state index >= 15 is 0 Å².